The SMILES string of the molecule is CC1Cc2ccsc2C1C(=O)O. The first kappa shape index (κ1) is 7.80. The van der Waals surface area contributed by atoms with Gasteiger partial charge >= 0.3 is 5.97 Å². The molecular formula is C9H10O2S. The van der Waals surface area contributed by atoms with Crippen molar-refractivity contribution in [3.05, 3.63) is 21.9 Å². The van der Waals surface area contributed by atoms with Gasteiger partial charge in [-0.1, -0.05) is 6.92 Å². The zero-order chi connectivity index (χ0) is 8.72. The topological polar surface area (TPSA) is 37.3 Å². The van der Waals surface area contributed by atoms with Crippen LogP contribution in [0.25, 0.3) is 0 Å². The van der Waals surface area contributed by atoms with Crippen molar-refractivity contribution >= 4 is 17.3 Å². The van der Waals surface area contributed by atoms with E-state index in [0.29, 0.717) is 0 Å². The summed E-state index contributed by atoms with van der Waals surface area (Å²) in [6.07, 6.45) is 0.926. The first-order valence-corrected chi connectivity index (χ1v) is 4.87. The summed E-state index contributed by atoms with van der Waals surface area (Å²) in [5.41, 5.74) is 1.24. The lowest BCUT2D eigenvalue weighted by atomic mass is 9.98. The summed E-state index contributed by atoms with van der Waals surface area (Å²) in [5, 5.41) is 10.9. The standard InChI is InChI=1S/C9H10O2S/c1-5-4-6-2-3-12-8(6)7(5)9(10)11/h2-3,5,7H,4H2,1H3,(H,10,11). The van der Waals surface area contributed by atoms with Gasteiger partial charge in [-0.2, -0.15) is 0 Å². The van der Waals surface area contributed by atoms with E-state index in [4.69, 9.17) is 5.11 Å². The molecular weight excluding hydrogens is 172 g/mol. The third-order valence-corrected chi connectivity index (χ3v) is 3.48. The lowest BCUT2D eigenvalue weighted by Gasteiger charge is -2.09. The summed E-state index contributed by atoms with van der Waals surface area (Å²) in [6, 6.07) is 2.04. The number of fused-ring (bicyclic) bond motifs is 1. The van der Waals surface area contributed by atoms with Crippen LogP contribution in [0, 0.1) is 5.92 Å². The smallest absolute Gasteiger partial charge is 0.312 e. The molecule has 0 saturated carbocycles. The molecule has 2 rings (SSSR count). The van der Waals surface area contributed by atoms with Crippen molar-refractivity contribution in [2.75, 3.05) is 0 Å². The summed E-state index contributed by atoms with van der Waals surface area (Å²) in [4.78, 5) is 11.9. The molecule has 1 aromatic rings. The van der Waals surface area contributed by atoms with Crippen molar-refractivity contribution in [2.24, 2.45) is 5.92 Å². The van der Waals surface area contributed by atoms with E-state index in [1.54, 1.807) is 11.3 Å². The van der Waals surface area contributed by atoms with Crippen LogP contribution in [-0.2, 0) is 11.2 Å². The van der Waals surface area contributed by atoms with Gasteiger partial charge in [0.1, 0.15) is 0 Å². The van der Waals surface area contributed by atoms with Gasteiger partial charge < -0.3 is 5.11 Å². The molecule has 1 N–H and O–H groups in total. The molecule has 0 spiro atoms. The van der Waals surface area contributed by atoms with E-state index in [9.17, 15) is 4.79 Å². The minimum atomic E-state index is -0.677. The Morgan fingerprint density at radius 2 is 2.50 bits per heavy atom. The molecule has 1 aromatic heterocycles. The monoisotopic (exact) mass is 182 g/mol. The summed E-state index contributed by atoms with van der Waals surface area (Å²) >= 11 is 1.57. The van der Waals surface area contributed by atoms with Crippen LogP contribution < -0.4 is 0 Å². The van der Waals surface area contributed by atoms with Crippen LogP contribution >= 0.6 is 11.3 Å². The minimum absolute atomic E-state index is 0.250. The van der Waals surface area contributed by atoms with Crippen molar-refractivity contribution in [1.29, 1.82) is 0 Å². The van der Waals surface area contributed by atoms with Crippen molar-refractivity contribution in [3.63, 3.8) is 0 Å². The number of carboxylic acids is 1. The van der Waals surface area contributed by atoms with Crippen LogP contribution in [0.2, 0.25) is 0 Å². The molecule has 2 unspecified atom stereocenters. The van der Waals surface area contributed by atoms with E-state index in [1.807, 2.05) is 18.4 Å². The Balaban J connectivity index is 2.41. The van der Waals surface area contributed by atoms with Crippen molar-refractivity contribution in [2.45, 2.75) is 19.3 Å². The predicted molar refractivity (Wildman–Crippen MR) is 47.6 cm³/mol. The van der Waals surface area contributed by atoms with Crippen LogP contribution in [0.1, 0.15) is 23.3 Å². The fourth-order valence-electron chi connectivity index (χ4n) is 1.87. The fraction of sp³-hybridized carbons (Fsp3) is 0.444. The number of aliphatic carboxylic acids is 1. The van der Waals surface area contributed by atoms with E-state index in [1.165, 1.54) is 5.56 Å². The molecule has 3 heteroatoms. The maximum absolute atomic E-state index is 10.9. The first-order valence-electron chi connectivity index (χ1n) is 3.99. The lowest BCUT2D eigenvalue weighted by Crippen LogP contribution is -2.14. The third-order valence-electron chi connectivity index (χ3n) is 2.44. The van der Waals surface area contributed by atoms with Gasteiger partial charge in [0.2, 0.25) is 0 Å². The zero-order valence-corrected chi connectivity index (χ0v) is 7.60. The minimum Gasteiger partial charge on any atom is -0.481 e. The Labute approximate surface area is 74.8 Å². The molecule has 1 heterocycles. The Morgan fingerprint density at radius 1 is 1.75 bits per heavy atom. The molecule has 2 atom stereocenters. The highest BCUT2D eigenvalue weighted by Gasteiger charge is 2.35. The Hall–Kier alpha value is -0.830. The molecule has 1 aliphatic carbocycles. The van der Waals surface area contributed by atoms with Crippen molar-refractivity contribution in [3.8, 4) is 0 Å². The van der Waals surface area contributed by atoms with Gasteiger partial charge in [-0.05, 0) is 29.3 Å². The molecule has 0 aliphatic heterocycles. The molecule has 64 valence electrons. The molecule has 0 saturated heterocycles. The Bertz CT molecular complexity index is 316. The van der Waals surface area contributed by atoms with E-state index in [0.717, 1.165) is 11.3 Å². The van der Waals surface area contributed by atoms with E-state index >= 15 is 0 Å². The van der Waals surface area contributed by atoms with Gasteiger partial charge in [0.05, 0.1) is 5.92 Å². The molecule has 1 aliphatic rings. The van der Waals surface area contributed by atoms with E-state index < -0.39 is 5.97 Å². The molecule has 0 radical (unpaired) electrons. The normalized spacial score (nSPS) is 27.1. The van der Waals surface area contributed by atoms with Crippen LogP contribution in [0.3, 0.4) is 0 Å². The second kappa shape index (κ2) is 2.59. The molecule has 2 nitrogen and oxygen atoms in total. The summed E-state index contributed by atoms with van der Waals surface area (Å²) in [6.45, 7) is 2.01. The Morgan fingerprint density at radius 3 is 3.17 bits per heavy atom. The van der Waals surface area contributed by atoms with Gasteiger partial charge in [-0.25, -0.2) is 0 Å². The fourth-order valence-corrected chi connectivity index (χ4v) is 3.03. The molecule has 0 fully saturated rings. The van der Waals surface area contributed by atoms with Gasteiger partial charge in [-0.3, -0.25) is 4.79 Å². The number of carbonyl (C=O) groups is 1. The average molecular weight is 182 g/mol. The molecule has 0 bridgehead atoms. The average Bonchev–Trinajstić information content (AvgIpc) is 2.44. The maximum Gasteiger partial charge on any atom is 0.312 e. The first-order chi connectivity index (χ1) is 5.70. The zero-order valence-electron chi connectivity index (χ0n) is 6.78. The maximum atomic E-state index is 10.9. The van der Waals surface area contributed by atoms with Gasteiger partial charge in [-0.15, -0.1) is 11.3 Å². The Kier molecular flexibility index (Phi) is 1.68. The highest BCUT2D eigenvalue weighted by atomic mass is 32.1. The number of hydrogen-bond donors (Lipinski definition) is 1. The largest absolute Gasteiger partial charge is 0.481 e. The van der Waals surface area contributed by atoms with E-state index in [-0.39, 0.29) is 11.8 Å². The molecule has 12 heavy (non-hydrogen) atoms. The number of carboxylic acid groups (broad SMARTS) is 1. The van der Waals surface area contributed by atoms with Crippen LogP contribution in [0.15, 0.2) is 11.4 Å². The summed E-state index contributed by atoms with van der Waals surface area (Å²) in [7, 11) is 0. The second-order valence-electron chi connectivity index (χ2n) is 3.31. The number of thiophene rings is 1. The number of hydrogen-bond acceptors (Lipinski definition) is 2. The second-order valence-corrected chi connectivity index (χ2v) is 4.26. The highest BCUT2D eigenvalue weighted by Crippen LogP contribution is 2.40. The van der Waals surface area contributed by atoms with Crippen LogP contribution in [0.5, 0.6) is 0 Å². The third kappa shape index (κ3) is 0.966. The van der Waals surface area contributed by atoms with Crippen LogP contribution in [0.4, 0.5) is 0 Å². The van der Waals surface area contributed by atoms with Crippen molar-refractivity contribution < 1.29 is 9.90 Å². The van der Waals surface area contributed by atoms with Gasteiger partial charge in [0, 0.05) is 4.88 Å². The molecule has 0 amide bonds. The summed E-state index contributed by atoms with van der Waals surface area (Å²) in [5.74, 6) is -0.659. The lowest BCUT2D eigenvalue weighted by molar-refractivity contribution is -0.139. The molecule has 0 aromatic carbocycles. The van der Waals surface area contributed by atoms with Crippen LogP contribution in [-0.4, -0.2) is 11.1 Å². The predicted octanol–water partition coefficient (Wildman–Crippen LogP) is 2.11. The van der Waals surface area contributed by atoms with Gasteiger partial charge in [0.15, 0.2) is 0 Å². The van der Waals surface area contributed by atoms with E-state index in [2.05, 4.69) is 0 Å². The van der Waals surface area contributed by atoms with Gasteiger partial charge in [0.25, 0.3) is 0 Å². The number of rotatable bonds is 1. The highest BCUT2D eigenvalue weighted by molar-refractivity contribution is 7.10. The summed E-state index contributed by atoms with van der Waals surface area (Å²) < 4.78 is 0. The van der Waals surface area contributed by atoms with Crippen molar-refractivity contribution in [1.82, 2.24) is 0 Å². The quantitative estimate of drug-likeness (QED) is 0.722.